The smallest absolute Gasteiger partial charge is 1.00 e. The molecule has 1 nitrogen and oxygen atoms in total. The van der Waals surface area contributed by atoms with Crippen LogP contribution in [0.25, 0.3) is 0 Å². The van der Waals surface area contributed by atoms with E-state index in [4.69, 9.17) is 4.43 Å². The van der Waals surface area contributed by atoms with Crippen molar-refractivity contribution >= 4 is 41.7 Å². The van der Waals surface area contributed by atoms with Crippen molar-refractivity contribution in [2.24, 2.45) is 0 Å². The molecule has 0 unspecified atom stereocenters. The van der Waals surface area contributed by atoms with Crippen LogP contribution in [0.4, 0.5) is 0 Å². The topological polar surface area (TPSA) is 9.23 Å². The van der Waals surface area contributed by atoms with Gasteiger partial charge in [-0.05, 0) is 24.2 Å². The Morgan fingerprint density at radius 2 is 1.32 bits per heavy atom. The van der Waals surface area contributed by atoms with E-state index in [2.05, 4.69) is 81.4 Å². The Hall–Kier alpha value is 0.113. The maximum Gasteiger partial charge on any atom is 2.00 e. The van der Waals surface area contributed by atoms with Crippen LogP contribution >= 0.6 is 0 Å². The van der Waals surface area contributed by atoms with Gasteiger partial charge >= 0.3 is 23.1 Å². The van der Waals surface area contributed by atoms with Crippen molar-refractivity contribution < 1.29 is 28.4 Å². The first-order valence-corrected chi connectivity index (χ1v) is 9.38. The van der Waals surface area contributed by atoms with Gasteiger partial charge in [0.15, 0.2) is 0 Å². The van der Waals surface area contributed by atoms with Gasteiger partial charge in [0.1, 0.15) is 0 Å². The summed E-state index contributed by atoms with van der Waals surface area (Å²) >= 11 is 0. The summed E-state index contributed by atoms with van der Waals surface area (Å²) in [6.45, 7) is 8.33. The minimum atomic E-state index is -2.17. The Labute approximate surface area is 169 Å². The van der Waals surface area contributed by atoms with E-state index in [1.807, 2.05) is 0 Å². The van der Waals surface area contributed by atoms with Crippen LogP contribution in [0.2, 0.25) is 6.04 Å². The van der Waals surface area contributed by atoms with E-state index in [0.29, 0.717) is 0 Å². The maximum atomic E-state index is 6.55. The first-order valence-electron chi connectivity index (χ1n) is 7.27. The Morgan fingerprint density at radius 1 is 0.909 bits per heavy atom. The van der Waals surface area contributed by atoms with E-state index in [1.165, 1.54) is 10.4 Å². The van der Waals surface area contributed by atoms with Gasteiger partial charge in [0.05, 0.1) is 0 Å². The zero-order valence-electron chi connectivity index (χ0n) is 13.5. The average molecular weight is 435 g/mol. The quantitative estimate of drug-likeness (QED) is 0.354. The van der Waals surface area contributed by atoms with Crippen LogP contribution in [-0.4, -0.2) is 37.5 Å². The average Bonchev–Trinajstić information content (AvgIpc) is 2.48. The van der Waals surface area contributed by atoms with E-state index in [-0.39, 0.29) is 53.1 Å². The number of rotatable bonds is 6. The molecule has 4 heteroatoms. The summed E-state index contributed by atoms with van der Waals surface area (Å²) in [6, 6.07) is 22.4. The van der Waals surface area contributed by atoms with Crippen LogP contribution in [0.15, 0.2) is 60.7 Å². The van der Waals surface area contributed by atoms with Gasteiger partial charge in [-0.15, -0.1) is 0 Å². The van der Waals surface area contributed by atoms with Crippen molar-refractivity contribution in [3.8, 4) is 0 Å². The minimum Gasteiger partial charge on any atom is -1.00 e. The molecule has 2 rings (SSSR count). The second-order valence-electron chi connectivity index (χ2n) is 5.33. The van der Waals surface area contributed by atoms with Crippen LogP contribution in [0.5, 0.6) is 0 Å². The zero-order valence-corrected chi connectivity index (χ0v) is 18.0. The molecule has 22 heavy (non-hydrogen) atoms. The summed E-state index contributed by atoms with van der Waals surface area (Å²) in [7, 11) is -2.17. The van der Waals surface area contributed by atoms with E-state index < -0.39 is 8.32 Å². The van der Waals surface area contributed by atoms with Gasteiger partial charge in [0, 0.05) is 6.10 Å². The van der Waals surface area contributed by atoms with E-state index >= 15 is 0 Å². The van der Waals surface area contributed by atoms with Crippen LogP contribution in [0.3, 0.4) is 0 Å². The molecule has 0 aliphatic carbocycles. The van der Waals surface area contributed by atoms with Gasteiger partial charge in [-0.3, -0.25) is 0 Å². The van der Waals surface area contributed by atoms with E-state index in [9.17, 15) is 0 Å². The van der Waals surface area contributed by atoms with Crippen molar-refractivity contribution in [1.82, 2.24) is 0 Å². The molecule has 0 aromatic heterocycles. The normalized spacial score (nSPS) is 10.7. The number of hydrogen-bond donors (Lipinski definition) is 0. The van der Waals surface area contributed by atoms with Crippen molar-refractivity contribution in [3.63, 3.8) is 0 Å². The maximum absolute atomic E-state index is 6.55. The van der Waals surface area contributed by atoms with Gasteiger partial charge in [-0.2, -0.15) is 6.42 Å². The molecular weight excluding hydrogens is 411 g/mol. The molecule has 0 radical (unpaired) electrons. The fourth-order valence-electron chi connectivity index (χ4n) is 2.72. The molecule has 0 atom stereocenters. The van der Waals surface area contributed by atoms with Crippen molar-refractivity contribution in [2.75, 3.05) is 0 Å². The number of benzene rings is 2. The first kappa shape index (κ1) is 22.1. The molecular formula is C18H23IMgOSi. The van der Waals surface area contributed by atoms with Crippen LogP contribution < -0.4 is 34.4 Å². The van der Waals surface area contributed by atoms with Crippen LogP contribution in [0, 0.1) is 6.92 Å². The molecule has 0 N–H and O–H groups in total. The first-order chi connectivity index (χ1) is 9.69. The Morgan fingerprint density at radius 3 is 1.64 bits per heavy atom. The van der Waals surface area contributed by atoms with E-state index in [0.717, 1.165) is 12.5 Å². The Kier molecular flexibility index (Phi) is 10.9. The third kappa shape index (κ3) is 5.33. The molecule has 2 aromatic rings. The van der Waals surface area contributed by atoms with Gasteiger partial charge in [0.25, 0.3) is 8.32 Å². The standard InChI is InChI=1S/C18H23OSi.HI.Mg/c1-4-15-20(19-16(2)3,17-11-7-5-8-12-17)18-13-9-6-10-14-18;;/h5-14,16H,1,4,15H2,2-3H3;1H;/q-1;;+2/p-1. The Balaban J connectivity index is 0.00000220. The molecule has 0 heterocycles. The van der Waals surface area contributed by atoms with Gasteiger partial charge < -0.3 is 35.3 Å². The summed E-state index contributed by atoms with van der Waals surface area (Å²) in [5.74, 6) is 0. The summed E-state index contributed by atoms with van der Waals surface area (Å²) in [4.78, 5) is 0. The largest absolute Gasteiger partial charge is 2.00 e. The van der Waals surface area contributed by atoms with Crippen LogP contribution in [0.1, 0.15) is 20.3 Å². The third-order valence-corrected chi connectivity index (χ3v) is 7.91. The number of hydrogen-bond acceptors (Lipinski definition) is 1. The van der Waals surface area contributed by atoms with Crippen molar-refractivity contribution in [1.29, 1.82) is 0 Å². The molecule has 0 spiro atoms. The van der Waals surface area contributed by atoms with Crippen molar-refractivity contribution in [3.05, 3.63) is 67.6 Å². The third-order valence-electron chi connectivity index (χ3n) is 3.45. The summed E-state index contributed by atoms with van der Waals surface area (Å²) < 4.78 is 6.55. The molecule has 2 aromatic carbocycles. The summed E-state index contributed by atoms with van der Waals surface area (Å²) in [5, 5.41) is 2.67. The summed E-state index contributed by atoms with van der Waals surface area (Å²) in [6.07, 6.45) is 1.11. The van der Waals surface area contributed by atoms with Crippen molar-refractivity contribution in [2.45, 2.75) is 32.4 Å². The molecule has 0 bridgehead atoms. The fourth-order valence-corrected chi connectivity index (χ4v) is 6.78. The molecule has 114 valence electrons. The van der Waals surface area contributed by atoms with Crippen LogP contribution in [-0.2, 0) is 4.43 Å². The Bertz CT molecular complexity index is 480. The fraction of sp³-hybridized carbons (Fsp3) is 0.278. The predicted octanol–water partition coefficient (Wildman–Crippen LogP) is 0.0187. The van der Waals surface area contributed by atoms with E-state index in [1.54, 1.807) is 0 Å². The minimum absolute atomic E-state index is 0. The molecule has 0 amide bonds. The summed E-state index contributed by atoms with van der Waals surface area (Å²) in [5.41, 5.74) is 0. The molecule has 0 fully saturated rings. The molecule has 0 saturated carbocycles. The monoisotopic (exact) mass is 434 g/mol. The predicted molar refractivity (Wildman–Crippen MR) is 94.7 cm³/mol. The zero-order chi connectivity index (χ0) is 14.4. The molecule has 0 aliphatic heterocycles. The number of halogens is 1. The SMILES string of the molecule is [CH2-]CC[Si](OC(C)C)(c1ccccc1)c1ccccc1.[I-].[Mg+2]. The molecule has 0 aliphatic rings. The second kappa shape index (κ2) is 10.8. The van der Waals surface area contributed by atoms with Gasteiger partial charge in [-0.1, -0.05) is 66.7 Å². The van der Waals surface area contributed by atoms with Gasteiger partial charge in [0.2, 0.25) is 0 Å². The van der Waals surface area contributed by atoms with Gasteiger partial charge in [-0.25, -0.2) is 0 Å². The second-order valence-corrected chi connectivity index (χ2v) is 8.87. The molecule has 0 saturated heterocycles.